The van der Waals surface area contributed by atoms with Crippen LogP contribution in [0.25, 0.3) is 0 Å². The van der Waals surface area contributed by atoms with Crippen LogP contribution in [0.4, 0.5) is 4.79 Å². The second kappa shape index (κ2) is 9.74. The second-order valence-electron chi connectivity index (χ2n) is 4.54. The monoisotopic (exact) mass is 258 g/mol. The Labute approximate surface area is 109 Å². The summed E-state index contributed by atoms with van der Waals surface area (Å²) in [6, 6.07) is -1.04. The Balaban J connectivity index is 4.19. The van der Waals surface area contributed by atoms with Crippen LogP contribution in [0.1, 0.15) is 59.3 Å². The topological polar surface area (TPSA) is 78.4 Å². The lowest BCUT2D eigenvalue weighted by Crippen LogP contribution is -2.48. The number of urea groups is 1. The quantitative estimate of drug-likeness (QED) is 0.594. The van der Waals surface area contributed by atoms with Crippen molar-refractivity contribution in [3.05, 3.63) is 0 Å². The Kier molecular flexibility index (Phi) is 9.06. The van der Waals surface area contributed by atoms with Gasteiger partial charge in [-0.05, 0) is 19.3 Å². The normalized spacial score (nSPS) is 13.7. The zero-order valence-corrected chi connectivity index (χ0v) is 11.7. The van der Waals surface area contributed by atoms with E-state index in [4.69, 9.17) is 5.11 Å². The molecule has 0 radical (unpaired) electrons. The van der Waals surface area contributed by atoms with Gasteiger partial charge in [0, 0.05) is 6.04 Å². The van der Waals surface area contributed by atoms with Gasteiger partial charge in [0.25, 0.3) is 0 Å². The highest BCUT2D eigenvalue weighted by molar-refractivity contribution is 5.82. The number of aliphatic carboxylic acids is 1. The van der Waals surface area contributed by atoms with Gasteiger partial charge in [-0.15, -0.1) is 0 Å². The van der Waals surface area contributed by atoms with Gasteiger partial charge in [0.1, 0.15) is 6.04 Å². The van der Waals surface area contributed by atoms with Crippen LogP contribution in [-0.2, 0) is 4.79 Å². The van der Waals surface area contributed by atoms with Crippen molar-refractivity contribution < 1.29 is 14.7 Å². The summed E-state index contributed by atoms with van der Waals surface area (Å²) in [7, 11) is 0. The summed E-state index contributed by atoms with van der Waals surface area (Å²) >= 11 is 0. The van der Waals surface area contributed by atoms with Crippen molar-refractivity contribution in [1.82, 2.24) is 10.6 Å². The largest absolute Gasteiger partial charge is 0.480 e. The van der Waals surface area contributed by atoms with Crippen LogP contribution in [0.15, 0.2) is 0 Å². The van der Waals surface area contributed by atoms with Crippen LogP contribution < -0.4 is 10.6 Å². The van der Waals surface area contributed by atoms with Crippen LogP contribution >= 0.6 is 0 Å². The van der Waals surface area contributed by atoms with Crippen LogP contribution in [0, 0.1) is 0 Å². The minimum absolute atomic E-state index is 0.121. The van der Waals surface area contributed by atoms with E-state index in [1.807, 2.05) is 13.8 Å². The van der Waals surface area contributed by atoms with Crippen LogP contribution in [-0.4, -0.2) is 29.2 Å². The minimum Gasteiger partial charge on any atom is -0.480 e. The van der Waals surface area contributed by atoms with Gasteiger partial charge in [0.05, 0.1) is 0 Å². The average Bonchev–Trinajstić information content (AvgIpc) is 2.33. The molecular weight excluding hydrogens is 232 g/mol. The molecule has 5 nitrogen and oxygen atoms in total. The Morgan fingerprint density at radius 1 is 1.06 bits per heavy atom. The van der Waals surface area contributed by atoms with E-state index in [9.17, 15) is 9.59 Å². The van der Waals surface area contributed by atoms with E-state index in [-0.39, 0.29) is 12.1 Å². The molecule has 0 heterocycles. The van der Waals surface area contributed by atoms with Crippen LogP contribution in [0.3, 0.4) is 0 Å². The van der Waals surface area contributed by atoms with Gasteiger partial charge in [-0.3, -0.25) is 0 Å². The number of carboxylic acid groups (broad SMARTS) is 1. The Morgan fingerprint density at radius 3 is 2.17 bits per heavy atom. The van der Waals surface area contributed by atoms with Gasteiger partial charge >= 0.3 is 12.0 Å². The summed E-state index contributed by atoms with van der Waals surface area (Å²) in [5.74, 6) is -0.970. The first-order valence-electron chi connectivity index (χ1n) is 6.84. The fourth-order valence-electron chi connectivity index (χ4n) is 1.78. The van der Waals surface area contributed by atoms with Crippen LogP contribution in [0.2, 0.25) is 0 Å². The lowest BCUT2D eigenvalue weighted by atomic mass is 10.1. The number of hydrogen-bond donors (Lipinski definition) is 3. The molecule has 0 aromatic carbocycles. The van der Waals surface area contributed by atoms with Crippen molar-refractivity contribution in [2.75, 3.05) is 0 Å². The number of carboxylic acids is 1. The van der Waals surface area contributed by atoms with Gasteiger partial charge in [-0.2, -0.15) is 0 Å². The summed E-state index contributed by atoms with van der Waals surface area (Å²) < 4.78 is 0. The third kappa shape index (κ3) is 7.14. The molecule has 0 aliphatic heterocycles. The average molecular weight is 258 g/mol. The first-order chi connectivity index (χ1) is 8.54. The molecule has 2 amide bonds. The van der Waals surface area contributed by atoms with Crippen molar-refractivity contribution in [1.29, 1.82) is 0 Å². The molecule has 0 bridgehead atoms. The molecule has 0 saturated heterocycles. The summed E-state index contributed by atoms with van der Waals surface area (Å²) in [6.07, 6.45) is 4.95. The smallest absolute Gasteiger partial charge is 0.326 e. The van der Waals surface area contributed by atoms with Crippen molar-refractivity contribution in [3.63, 3.8) is 0 Å². The van der Waals surface area contributed by atoms with Crippen molar-refractivity contribution in [2.45, 2.75) is 71.4 Å². The zero-order valence-electron chi connectivity index (χ0n) is 11.7. The highest BCUT2D eigenvalue weighted by Gasteiger charge is 2.20. The third-order valence-electron chi connectivity index (χ3n) is 2.91. The highest BCUT2D eigenvalue weighted by Crippen LogP contribution is 2.03. The minimum atomic E-state index is -0.970. The molecule has 3 N–H and O–H groups in total. The molecule has 0 saturated carbocycles. The van der Waals surface area contributed by atoms with Crippen LogP contribution in [0.5, 0.6) is 0 Å². The second-order valence-corrected chi connectivity index (χ2v) is 4.54. The number of amides is 2. The molecule has 0 aliphatic carbocycles. The molecule has 0 fully saturated rings. The first-order valence-corrected chi connectivity index (χ1v) is 6.84. The maximum Gasteiger partial charge on any atom is 0.326 e. The first kappa shape index (κ1) is 16.7. The summed E-state index contributed by atoms with van der Waals surface area (Å²) in [4.78, 5) is 22.7. The fraction of sp³-hybridized carbons (Fsp3) is 0.846. The number of carbonyl (C=O) groups is 2. The Hall–Kier alpha value is -1.26. The molecule has 2 atom stereocenters. The molecule has 18 heavy (non-hydrogen) atoms. The SMILES string of the molecule is CCCCC(NC(=O)NC(CC)CCC)C(=O)O. The lowest BCUT2D eigenvalue weighted by molar-refractivity contribution is -0.139. The zero-order chi connectivity index (χ0) is 14.0. The van der Waals surface area contributed by atoms with E-state index < -0.39 is 12.0 Å². The maximum atomic E-state index is 11.7. The van der Waals surface area contributed by atoms with Gasteiger partial charge in [0.2, 0.25) is 0 Å². The number of nitrogens with one attached hydrogen (secondary N) is 2. The van der Waals surface area contributed by atoms with E-state index in [1.54, 1.807) is 0 Å². The summed E-state index contributed by atoms with van der Waals surface area (Å²) in [6.45, 7) is 6.06. The van der Waals surface area contributed by atoms with E-state index in [1.165, 1.54) is 0 Å². The molecular formula is C13H26N2O3. The van der Waals surface area contributed by atoms with Gasteiger partial charge in [-0.25, -0.2) is 9.59 Å². The standard InChI is InChI=1S/C13H26N2O3/c1-4-7-9-11(12(16)17)15-13(18)14-10(6-3)8-5-2/h10-11H,4-9H2,1-3H3,(H,16,17)(H2,14,15,18). The predicted molar refractivity (Wildman–Crippen MR) is 71.6 cm³/mol. The van der Waals surface area contributed by atoms with Gasteiger partial charge in [-0.1, -0.05) is 40.0 Å². The predicted octanol–water partition coefficient (Wildman–Crippen LogP) is 2.51. The van der Waals surface area contributed by atoms with Crippen molar-refractivity contribution in [2.24, 2.45) is 0 Å². The molecule has 2 unspecified atom stereocenters. The molecule has 0 spiro atoms. The molecule has 0 aliphatic rings. The third-order valence-corrected chi connectivity index (χ3v) is 2.91. The number of carbonyl (C=O) groups excluding carboxylic acids is 1. The maximum absolute atomic E-state index is 11.7. The van der Waals surface area contributed by atoms with Gasteiger partial charge in [0.15, 0.2) is 0 Å². The summed E-state index contributed by atoms with van der Waals surface area (Å²) in [5, 5.41) is 14.3. The van der Waals surface area contributed by atoms with E-state index in [0.717, 1.165) is 32.1 Å². The molecule has 0 rings (SSSR count). The number of rotatable bonds is 9. The lowest BCUT2D eigenvalue weighted by Gasteiger charge is -2.19. The number of hydrogen-bond acceptors (Lipinski definition) is 2. The fourth-order valence-corrected chi connectivity index (χ4v) is 1.78. The van der Waals surface area contributed by atoms with E-state index in [0.29, 0.717) is 6.42 Å². The number of unbranched alkanes of at least 4 members (excludes halogenated alkanes) is 1. The molecule has 5 heteroatoms. The van der Waals surface area contributed by atoms with Crippen molar-refractivity contribution >= 4 is 12.0 Å². The highest BCUT2D eigenvalue weighted by atomic mass is 16.4. The summed E-state index contributed by atoms with van der Waals surface area (Å²) in [5.41, 5.74) is 0. The van der Waals surface area contributed by atoms with E-state index >= 15 is 0 Å². The Bertz CT molecular complexity index is 257. The van der Waals surface area contributed by atoms with Gasteiger partial charge < -0.3 is 15.7 Å². The molecule has 106 valence electrons. The van der Waals surface area contributed by atoms with E-state index in [2.05, 4.69) is 17.6 Å². The molecule has 0 aromatic heterocycles. The van der Waals surface area contributed by atoms with Crippen molar-refractivity contribution in [3.8, 4) is 0 Å². The molecule has 0 aromatic rings. The Morgan fingerprint density at radius 2 is 1.72 bits per heavy atom.